The Balaban J connectivity index is 1.71. The van der Waals surface area contributed by atoms with E-state index in [4.69, 9.17) is 0 Å². The maximum Gasteiger partial charge on any atom is 0.257 e. The van der Waals surface area contributed by atoms with Crippen molar-refractivity contribution in [1.29, 1.82) is 0 Å². The molecule has 2 aliphatic heterocycles. The third-order valence-corrected chi connectivity index (χ3v) is 5.09. The average Bonchev–Trinajstić information content (AvgIpc) is 3.04. The minimum Gasteiger partial charge on any atom is -0.378 e. The van der Waals surface area contributed by atoms with Crippen molar-refractivity contribution < 1.29 is 14.3 Å². The van der Waals surface area contributed by atoms with E-state index in [1.807, 2.05) is 4.90 Å². The molecule has 0 fully saturated rings. The molecule has 4 rings (SSSR count). The van der Waals surface area contributed by atoms with Crippen LogP contribution in [-0.4, -0.2) is 17.6 Å². The van der Waals surface area contributed by atoms with Crippen molar-refractivity contribution in [2.24, 2.45) is 0 Å². The zero-order valence-corrected chi connectivity index (χ0v) is 11.9. The highest BCUT2D eigenvalue weighted by molar-refractivity contribution is 7.10. The highest BCUT2D eigenvalue weighted by Gasteiger charge is 2.31. The van der Waals surface area contributed by atoms with Gasteiger partial charge in [0.25, 0.3) is 5.91 Å². The summed E-state index contributed by atoms with van der Waals surface area (Å²) in [6, 6.07) is 4.95. The fraction of sp³-hybridized carbons (Fsp3) is 0.267. The largest absolute Gasteiger partial charge is 0.378 e. The number of halogens is 1. The number of hydrogen-bond donors (Lipinski definition) is 2. The first-order valence-electron chi connectivity index (χ1n) is 6.76. The van der Waals surface area contributed by atoms with Gasteiger partial charge in [0.05, 0.1) is 5.69 Å². The number of anilines is 2. The summed E-state index contributed by atoms with van der Waals surface area (Å²) in [5, 5.41) is 14.3. The number of carbonyl (C=O) groups is 1. The van der Waals surface area contributed by atoms with E-state index in [9.17, 15) is 14.3 Å². The Hall–Kier alpha value is -1.92. The summed E-state index contributed by atoms with van der Waals surface area (Å²) in [5.41, 5.74) is 2.52. The van der Waals surface area contributed by atoms with Crippen LogP contribution in [0.1, 0.15) is 22.1 Å². The van der Waals surface area contributed by atoms with Crippen LogP contribution in [0.25, 0.3) is 0 Å². The normalized spacial score (nSPS) is 20.2. The second kappa shape index (κ2) is 4.54. The van der Waals surface area contributed by atoms with Gasteiger partial charge >= 0.3 is 0 Å². The number of aliphatic hydroxyl groups is 1. The lowest BCUT2D eigenvalue weighted by Crippen LogP contribution is -2.30. The standard InChI is InChI=1S/C15H13FN2O2S/c16-10-5-9-11(17-15(20)14(9)19)6-12(10)18-3-1-13-8(7-18)2-4-21-13/h2,4-6,14,19H,1,3,7H2,(H,17,20). The highest BCUT2D eigenvalue weighted by Crippen LogP contribution is 2.37. The van der Waals surface area contributed by atoms with Gasteiger partial charge in [-0.25, -0.2) is 4.39 Å². The van der Waals surface area contributed by atoms with Crippen LogP contribution in [0.15, 0.2) is 23.6 Å². The molecule has 6 heteroatoms. The first kappa shape index (κ1) is 12.8. The predicted molar refractivity (Wildman–Crippen MR) is 79.1 cm³/mol. The molecule has 21 heavy (non-hydrogen) atoms. The van der Waals surface area contributed by atoms with Crippen LogP contribution in [0.5, 0.6) is 0 Å². The molecule has 108 valence electrons. The molecule has 0 bridgehead atoms. The molecule has 2 aromatic rings. The van der Waals surface area contributed by atoms with E-state index in [0.717, 1.165) is 13.0 Å². The molecule has 1 amide bonds. The van der Waals surface area contributed by atoms with Crippen LogP contribution < -0.4 is 10.2 Å². The van der Waals surface area contributed by atoms with Gasteiger partial charge < -0.3 is 15.3 Å². The molecule has 2 aliphatic rings. The molecule has 1 atom stereocenters. The van der Waals surface area contributed by atoms with Gasteiger partial charge in [-0.05, 0) is 35.6 Å². The van der Waals surface area contributed by atoms with Gasteiger partial charge in [0.2, 0.25) is 0 Å². The number of nitrogens with one attached hydrogen (secondary N) is 1. The number of rotatable bonds is 1. The van der Waals surface area contributed by atoms with Crippen molar-refractivity contribution in [2.75, 3.05) is 16.8 Å². The van der Waals surface area contributed by atoms with Gasteiger partial charge in [-0.15, -0.1) is 11.3 Å². The smallest absolute Gasteiger partial charge is 0.257 e. The van der Waals surface area contributed by atoms with Gasteiger partial charge in [-0.3, -0.25) is 4.79 Å². The summed E-state index contributed by atoms with van der Waals surface area (Å²) in [5.74, 6) is -0.900. The van der Waals surface area contributed by atoms with Crippen LogP contribution in [0, 0.1) is 5.82 Å². The van der Waals surface area contributed by atoms with Gasteiger partial charge in [0.15, 0.2) is 6.10 Å². The summed E-state index contributed by atoms with van der Waals surface area (Å²) < 4.78 is 14.3. The Morgan fingerprint density at radius 1 is 1.43 bits per heavy atom. The van der Waals surface area contributed by atoms with Crippen molar-refractivity contribution >= 4 is 28.6 Å². The molecule has 1 aromatic carbocycles. The lowest BCUT2D eigenvalue weighted by Gasteiger charge is -2.29. The fourth-order valence-electron chi connectivity index (χ4n) is 2.95. The molecule has 2 N–H and O–H groups in total. The van der Waals surface area contributed by atoms with Gasteiger partial charge in [-0.1, -0.05) is 0 Å². The number of fused-ring (bicyclic) bond motifs is 2. The number of amides is 1. The lowest BCUT2D eigenvalue weighted by molar-refractivity contribution is -0.123. The third kappa shape index (κ3) is 1.94. The molecule has 1 unspecified atom stereocenters. The summed E-state index contributed by atoms with van der Waals surface area (Å²) in [7, 11) is 0. The maximum atomic E-state index is 14.3. The second-order valence-electron chi connectivity index (χ2n) is 5.32. The van der Waals surface area contributed by atoms with E-state index in [1.54, 1.807) is 17.4 Å². The molecule has 0 spiro atoms. The first-order valence-corrected chi connectivity index (χ1v) is 7.64. The van der Waals surface area contributed by atoms with Crippen molar-refractivity contribution in [3.05, 3.63) is 45.4 Å². The second-order valence-corrected chi connectivity index (χ2v) is 6.32. The van der Waals surface area contributed by atoms with Crippen LogP contribution in [0.4, 0.5) is 15.8 Å². The molecular formula is C15H13FN2O2S. The molecule has 0 saturated carbocycles. The minimum absolute atomic E-state index is 0.314. The van der Waals surface area contributed by atoms with E-state index in [2.05, 4.69) is 16.8 Å². The molecule has 1 aromatic heterocycles. The monoisotopic (exact) mass is 304 g/mol. The van der Waals surface area contributed by atoms with Crippen LogP contribution in [-0.2, 0) is 17.8 Å². The SMILES string of the molecule is O=C1Nc2cc(N3CCc4sccc4C3)c(F)cc2C1O. The van der Waals surface area contributed by atoms with E-state index in [-0.39, 0.29) is 0 Å². The quantitative estimate of drug-likeness (QED) is 0.851. The Labute approximate surface area is 124 Å². The number of nitrogens with zero attached hydrogens (tertiary/aromatic N) is 1. The Kier molecular flexibility index (Phi) is 2.77. The van der Waals surface area contributed by atoms with Gasteiger partial charge in [0.1, 0.15) is 5.82 Å². The van der Waals surface area contributed by atoms with Crippen molar-refractivity contribution in [1.82, 2.24) is 0 Å². The average molecular weight is 304 g/mol. The van der Waals surface area contributed by atoms with E-state index in [0.29, 0.717) is 23.5 Å². The molecule has 0 saturated heterocycles. The van der Waals surface area contributed by atoms with Crippen molar-refractivity contribution in [3.63, 3.8) is 0 Å². The van der Waals surface area contributed by atoms with Gasteiger partial charge in [-0.2, -0.15) is 0 Å². The van der Waals surface area contributed by atoms with Crippen LogP contribution in [0.3, 0.4) is 0 Å². The summed E-state index contributed by atoms with van der Waals surface area (Å²) in [6.07, 6.45) is -0.369. The first-order chi connectivity index (χ1) is 10.1. The molecule has 3 heterocycles. The number of hydrogen-bond acceptors (Lipinski definition) is 4. The van der Waals surface area contributed by atoms with E-state index >= 15 is 0 Å². The highest BCUT2D eigenvalue weighted by atomic mass is 32.1. The summed E-state index contributed by atoms with van der Waals surface area (Å²) in [6.45, 7) is 1.42. The number of carbonyl (C=O) groups excluding carboxylic acids is 1. The lowest BCUT2D eigenvalue weighted by atomic mass is 10.1. The minimum atomic E-state index is -1.27. The Bertz CT molecular complexity index is 743. The van der Waals surface area contributed by atoms with Crippen molar-refractivity contribution in [3.8, 4) is 0 Å². The zero-order chi connectivity index (χ0) is 14.6. The topological polar surface area (TPSA) is 52.6 Å². The number of aliphatic hydroxyl groups excluding tert-OH is 1. The summed E-state index contributed by atoms with van der Waals surface area (Å²) in [4.78, 5) is 14.8. The number of thiophene rings is 1. The summed E-state index contributed by atoms with van der Waals surface area (Å²) >= 11 is 1.74. The molecular weight excluding hydrogens is 291 g/mol. The van der Waals surface area contributed by atoms with Crippen LogP contribution in [0.2, 0.25) is 0 Å². The van der Waals surface area contributed by atoms with Gasteiger partial charge in [0, 0.05) is 29.2 Å². The third-order valence-electron chi connectivity index (χ3n) is 4.07. The van der Waals surface area contributed by atoms with Crippen molar-refractivity contribution in [2.45, 2.75) is 19.1 Å². The Morgan fingerprint density at radius 2 is 2.29 bits per heavy atom. The van der Waals surface area contributed by atoms with Crippen LogP contribution >= 0.6 is 11.3 Å². The molecule has 0 aliphatic carbocycles. The zero-order valence-electron chi connectivity index (χ0n) is 11.1. The number of benzene rings is 1. The van der Waals surface area contributed by atoms with E-state index in [1.165, 1.54) is 16.5 Å². The van der Waals surface area contributed by atoms with E-state index < -0.39 is 17.8 Å². The Morgan fingerprint density at radius 3 is 3.14 bits per heavy atom. The fourth-order valence-corrected chi connectivity index (χ4v) is 3.84. The maximum absolute atomic E-state index is 14.3. The molecule has 4 nitrogen and oxygen atoms in total. The predicted octanol–water partition coefficient (Wildman–Crippen LogP) is 2.44. The molecule has 0 radical (unpaired) electrons.